The molecule has 1 atom stereocenters. The molecule has 0 fully saturated rings. The minimum Gasteiger partial charge on any atom is -0.330 e. The molecule has 1 aromatic carbocycles. The molecule has 0 saturated carbocycles. The van der Waals surface area contributed by atoms with Crippen LogP contribution in [0.1, 0.15) is 18.9 Å². The number of rotatable bonds is 4. The summed E-state index contributed by atoms with van der Waals surface area (Å²) in [5.74, 6) is -0.679. The highest BCUT2D eigenvalue weighted by atomic mass is 79.9. The van der Waals surface area contributed by atoms with Crippen LogP contribution < -0.4 is 11.1 Å². The molecule has 0 radical (unpaired) electrons. The zero-order valence-corrected chi connectivity index (χ0v) is 11.5. The van der Waals surface area contributed by atoms with Gasteiger partial charge in [0.25, 0.3) is 0 Å². The molecule has 1 aromatic rings. The molecule has 0 aromatic heterocycles. The van der Waals surface area contributed by atoms with Crippen LogP contribution in [0.3, 0.4) is 0 Å². The topological polar surface area (TPSA) is 55.1 Å². The molecule has 0 saturated heterocycles. The Kier molecular flexibility index (Phi) is 5.08. The maximum absolute atomic E-state index is 13.2. The van der Waals surface area contributed by atoms with Crippen molar-refractivity contribution in [3.05, 3.63) is 28.0 Å². The highest BCUT2D eigenvalue weighted by molar-refractivity contribution is 9.10. The molecule has 17 heavy (non-hydrogen) atoms. The first kappa shape index (κ1) is 14.1. The molecular weight excluding hydrogens is 287 g/mol. The lowest BCUT2D eigenvalue weighted by Gasteiger charge is -2.14. The van der Waals surface area contributed by atoms with Crippen molar-refractivity contribution in [2.45, 2.75) is 20.3 Å². The van der Waals surface area contributed by atoms with Gasteiger partial charge in [-0.2, -0.15) is 0 Å². The van der Waals surface area contributed by atoms with Gasteiger partial charge in [0.15, 0.2) is 0 Å². The Labute approximate surface area is 109 Å². The number of carbonyl (C=O) groups is 1. The predicted molar refractivity (Wildman–Crippen MR) is 70.3 cm³/mol. The molecule has 0 aliphatic rings. The van der Waals surface area contributed by atoms with E-state index in [9.17, 15) is 9.18 Å². The van der Waals surface area contributed by atoms with E-state index in [0.29, 0.717) is 28.7 Å². The molecule has 0 aliphatic heterocycles. The second-order valence-corrected chi connectivity index (χ2v) is 4.77. The number of halogens is 2. The summed E-state index contributed by atoms with van der Waals surface area (Å²) < 4.78 is 13.5. The van der Waals surface area contributed by atoms with Gasteiger partial charge in [-0.3, -0.25) is 4.79 Å². The van der Waals surface area contributed by atoms with Crippen LogP contribution in [0.2, 0.25) is 0 Å². The molecule has 3 N–H and O–H groups in total. The van der Waals surface area contributed by atoms with Crippen molar-refractivity contribution in [1.82, 2.24) is 0 Å². The zero-order valence-electron chi connectivity index (χ0n) is 9.89. The van der Waals surface area contributed by atoms with Crippen molar-refractivity contribution in [3.63, 3.8) is 0 Å². The number of anilines is 1. The number of amides is 1. The molecule has 3 nitrogen and oxygen atoms in total. The van der Waals surface area contributed by atoms with Gasteiger partial charge in [-0.05, 0) is 47.0 Å². The molecule has 0 heterocycles. The smallest absolute Gasteiger partial charge is 0.228 e. The van der Waals surface area contributed by atoms with Gasteiger partial charge in [0.2, 0.25) is 5.91 Å². The predicted octanol–water partition coefficient (Wildman–Crippen LogP) is 2.82. The van der Waals surface area contributed by atoms with Gasteiger partial charge in [0.1, 0.15) is 5.82 Å². The Balaban J connectivity index is 2.88. The number of nitrogens with two attached hydrogens (primary N) is 1. The maximum atomic E-state index is 13.2. The molecule has 0 aliphatic carbocycles. The van der Waals surface area contributed by atoms with E-state index in [1.807, 2.05) is 6.92 Å². The van der Waals surface area contributed by atoms with Crippen molar-refractivity contribution in [1.29, 1.82) is 0 Å². The highest BCUT2D eigenvalue weighted by Gasteiger charge is 2.16. The fraction of sp³-hybridized carbons (Fsp3) is 0.417. The van der Waals surface area contributed by atoms with Crippen LogP contribution in [0, 0.1) is 18.7 Å². The lowest BCUT2D eigenvalue weighted by atomic mass is 10.1. The number of hydrogen-bond donors (Lipinski definition) is 2. The van der Waals surface area contributed by atoms with E-state index in [4.69, 9.17) is 5.73 Å². The highest BCUT2D eigenvalue weighted by Crippen LogP contribution is 2.24. The second-order valence-electron chi connectivity index (χ2n) is 3.91. The third kappa shape index (κ3) is 3.51. The normalized spacial score (nSPS) is 12.3. The van der Waals surface area contributed by atoms with Crippen LogP contribution in [0.5, 0.6) is 0 Å². The summed E-state index contributed by atoms with van der Waals surface area (Å²) in [7, 11) is 0. The molecule has 1 rings (SSSR count). The third-order valence-electron chi connectivity index (χ3n) is 2.67. The van der Waals surface area contributed by atoms with E-state index in [0.717, 1.165) is 0 Å². The third-order valence-corrected chi connectivity index (χ3v) is 3.28. The summed E-state index contributed by atoms with van der Waals surface area (Å²) >= 11 is 3.09. The number of benzene rings is 1. The molecule has 94 valence electrons. The number of carbonyl (C=O) groups excluding carboxylic acids is 1. The monoisotopic (exact) mass is 302 g/mol. The first-order valence-electron chi connectivity index (χ1n) is 5.46. The van der Waals surface area contributed by atoms with Gasteiger partial charge in [0, 0.05) is 12.2 Å². The van der Waals surface area contributed by atoms with E-state index in [1.54, 1.807) is 13.0 Å². The van der Waals surface area contributed by atoms with Crippen molar-refractivity contribution < 1.29 is 9.18 Å². The van der Waals surface area contributed by atoms with Crippen LogP contribution >= 0.6 is 15.9 Å². The van der Waals surface area contributed by atoms with Crippen molar-refractivity contribution in [2.75, 3.05) is 11.9 Å². The Bertz CT molecular complexity index is 419. The number of aryl methyl sites for hydroxylation is 1. The quantitative estimate of drug-likeness (QED) is 0.898. The fourth-order valence-electron chi connectivity index (χ4n) is 1.47. The van der Waals surface area contributed by atoms with Gasteiger partial charge in [-0.1, -0.05) is 6.92 Å². The Morgan fingerprint density at radius 2 is 2.24 bits per heavy atom. The van der Waals surface area contributed by atoms with E-state index in [2.05, 4.69) is 21.2 Å². The number of hydrogen-bond acceptors (Lipinski definition) is 2. The number of nitrogens with one attached hydrogen (secondary N) is 1. The van der Waals surface area contributed by atoms with Crippen molar-refractivity contribution >= 4 is 27.5 Å². The summed E-state index contributed by atoms with van der Waals surface area (Å²) in [5, 5.41) is 2.76. The average Bonchev–Trinajstić information content (AvgIpc) is 2.27. The molecule has 1 unspecified atom stereocenters. The van der Waals surface area contributed by atoms with Gasteiger partial charge in [-0.25, -0.2) is 4.39 Å². The zero-order chi connectivity index (χ0) is 13.0. The van der Waals surface area contributed by atoms with E-state index in [-0.39, 0.29) is 17.6 Å². The summed E-state index contributed by atoms with van der Waals surface area (Å²) in [5.41, 5.74) is 6.79. The maximum Gasteiger partial charge on any atom is 0.228 e. The molecule has 0 bridgehead atoms. The molecule has 5 heteroatoms. The van der Waals surface area contributed by atoms with Gasteiger partial charge in [0.05, 0.1) is 10.4 Å². The van der Waals surface area contributed by atoms with Crippen molar-refractivity contribution in [3.8, 4) is 0 Å². The second kappa shape index (κ2) is 6.12. The average molecular weight is 303 g/mol. The van der Waals surface area contributed by atoms with E-state index in [1.165, 1.54) is 6.07 Å². The van der Waals surface area contributed by atoms with E-state index >= 15 is 0 Å². The Morgan fingerprint density at radius 1 is 1.59 bits per heavy atom. The summed E-state index contributed by atoms with van der Waals surface area (Å²) in [6.07, 6.45) is 0.684. The van der Waals surface area contributed by atoms with Gasteiger partial charge in [-0.15, -0.1) is 0 Å². The first-order chi connectivity index (χ1) is 7.99. The van der Waals surface area contributed by atoms with Crippen LogP contribution in [-0.4, -0.2) is 12.5 Å². The summed E-state index contributed by atoms with van der Waals surface area (Å²) in [6, 6.07) is 2.94. The Morgan fingerprint density at radius 3 is 2.76 bits per heavy atom. The first-order valence-corrected chi connectivity index (χ1v) is 6.25. The van der Waals surface area contributed by atoms with Crippen molar-refractivity contribution in [2.24, 2.45) is 11.7 Å². The van der Waals surface area contributed by atoms with Crippen LogP contribution in [-0.2, 0) is 4.79 Å². The largest absolute Gasteiger partial charge is 0.330 e. The Hall–Kier alpha value is -0.940. The standard InChI is InChI=1S/C12H16BrFN2O/c1-3-8(6-15)12(17)16-11-5-9(13)10(14)4-7(11)2/h4-5,8H,3,6,15H2,1-2H3,(H,16,17). The van der Waals surface area contributed by atoms with Crippen LogP contribution in [0.15, 0.2) is 16.6 Å². The lowest BCUT2D eigenvalue weighted by Crippen LogP contribution is -2.28. The summed E-state index contributed by atoms with van der Waals surface area (Å²) in [6.45, 7) is 3.96. The molecular formula is C12H16BrFN2O. The minimum absolute atomic E-state index is 0.128. The van der Waals surface area contributed by atoms with Crippen LogP contribution in [0.25, 0.3) is 0 Å². The van der Waals surface area contributed by atoms with Gasteiger partial charge >= 0.3 is 0 Å². The molecule has 0 spiro atoms. The summed E-state index contributed by atoms with van der Waals surface area (Å²) in [4.78, 5) is 11.8. The fourth-order valence-corrected chi connectivity index (χ4v) is 1.82. The minimum atomic E-state index is -0.341. The van der Waals surface area contributed by atoms with Gasteiger partial charge < -0.3 is 11.1 Å². The molecule has 1 amide bonds. The van der Waals surface area contributed by atoms with Crippen LogP contribution in [0.4, 0.5) is 10.1 Å². The lowest BCUT2D eigenvalue weighted by molar-refractivity contribution is -0.119. The van der Waals surface area contributed by atoms with E-state index < -0.39 is 0 Å². The SMILES string of the molecule is CCC(CN)C(=O)Nc1cc(Br)c(F)cc1C.